The van der Waals surface area contributed by atoms with Crippen molar-refractivity contribution in [1.82, 2.24) is 10.2 Å². The van der Waals surface area contributed by atoms with Crippen molar-refractivity contribution in [2.45, 2.75) is 19.9 Å². The summed E-state index contributed by atoms with van der Waals surface area (Å²) in [5, 5.41) is 28.7. The molecule has 100 valence electrons. The van der Waals surface area contributed by atoms with Crippen LogP contribution >= 0.6 is 0 Å². The molecule has 0 aromatic heterocycles. The second-order valence-corrected chi connectivity index (χ2v) is 3.94. The Morgan fingerprint density at radius 3 is 1.94 bits per heavy atom. The number of aliphatic hydroxyl groups excluding tert-OH is 2. The van der Waals surface area contributed by atoms with Crippen molar-refractivity contribution < 1.29 is 24.9 Å². The quantitative estimate of drug-likeness (QED) is 0.466. The Morgan fingerprint density at radius 1 is 1.18 bits per heavy atom. The molecule has 0 saturated carbocycles. The number of aliphatic carboxylic acids is 1. The Morgan fingerprint density at radius 2 is 1.65 bits per heavy atom. The van der Waals surface area contributed by atoms with E-state index in [0.717, 1.165) is 4.90 Å². The van der Waals surface area contributed by atoms with Gasteiger partial charge in [0.15, 0.2) is 0 Å². The van der Waals surface area contributed by atoms with Crippen molar-refractivity contribution in [3.63, 3.8) is 0 Å². The number of rotatable bonds is 7. The van der Waals surface area contributed by atoms with Gasteiger partial charge in [0.2, 0.25) is 0 Å². The fourth-order valence-corrected chi connectivity index (χ4v) is 1.29. The molecule has 0 aromatic rings. The third-order valence-corrected chi connectivity index (χ3v) is 2.24. The fraction of sp³-hybridized carbons (Fsp3) is 0.800. The summed E-state index contributed by atoms with van der Waals surface area (Å²) in [5.41, 5.74) is 0. The Labute approximate surface area is 100 Å². The minimum Gasteiger partial charge on any atom is -0.480 e. The highest BCUT2D eigenvalue weighted by Gasteiger charge is 2.25. The van der Waals surface area contributed by atoms with Crippen molar-refractivity contribution in [3.8, 4) is 0 Å². The van der Waals surface area contributed by atoms with Gasteiger partial charge >= 0.3 is 12.0 Å². The van der Waals surface area contributed by atoms with E-state index in [0.29, 0.717) is 0 Å². The lowest BCUT2D eigenvalue weighted by Gasteiger charge is -2.25. The molecule has 4 N–H and O–H groups in total. The predicted molar refractivity (Wildman–Crippen MR) is 60.5 cm³/mol. The number of nitrogens with one attached hydrogen (secondary N) is 1. The van der Waals surface area contributed by atoms with Gasteiger partial charge in [-0.25, -0.2) is 9.59 Å². The van der Waals surface area contributed by atoms with Gasteiger partial charge in [-0.2, -0.15) is 0 Å². The van der Waals surface area contributed by atoms with Crippen LogP contribution in [0.1, 0.15) is 13.8 Å². The first-order valence-corrected chi connectivity index (χ1v) is 5.44. The number of carbonyl (C=O) groups is 2. The van der Waals surface area contributed by atoms with Gasteiger partial charge in [0.25, 0.3) is 0 Å². The number of hydrogen-bond donors (Lipinski definition) is 4. The van der Waals surface area contributed by atoms with E-state index in [1.54, 1.807) is 13.8 Å². The third kappa shape index (κ3) is 5.50. The van der Waals surface area contributed by atoms with Crippen LogP contribution in [0.15, 0.2) is 0 Å². The zero-order valence-electron chi connectivity index (χ0n) is 10.1. The summed E-state index contributed by atoms with van der Waals surface area (Å²) >= 11 is 0. The molecule has 0 spiro atoms. The molecule has 1 atom stereocenters. The van der Waals surface area contributed by atoms with Crippen LogP contribution in [0.3, 0.4) is 0 Å². The zero-order chi connectivity index (χ0) is 13.4. The maximum Gasteiger partial charge on any atom is 0.326 e. The van der Waals surface area contributed by atoms with Crippen LogP contribution in [-0.4, -0.2) is 64.6 Å². The normalized spacial score (nSPS) is 12.3. The van der Waals surface area contributed by atoms with Crippen molar-refractivity contribution in [1.29, 1.82) is 0 Å². The highest BCUT2D eigenvalue weighted by Crippen LogP contribution is 2.03. The second-order valence-electron chi connectivity index (χ2n) is 3.94. The van der Waals surface area contributed by atoms with Crippen LogP contribution in [0, 0.1) is 5.92 Å². The smallest absolute Gasteiger partial charge is 0.326 e. The largest absolute Gasteiger partial charge is 0.480 e. The van der Waals surface area contributed by atoms with Gasteiger partial charge < -0.3 is 25.5 Å². The van der Waals surface area contributed by atoms with E-state index in [-0.39, 0.29) is 32.2 Å². The number of aliphatic hydroxyl groups is 2. The Bertz CT molecular complexity index is 251. The van der Waals surface area contributed by atoms with Crippen LogP contribution < -0.4 is 5.32 Å². The van der Waals surface area contributed by atoms with Crippen LogP contribution in [0.2, 0.25) is 0 Å². The summed E-state index contributed by atoms with van der Waals surface area (Å²) in [5.74, 6) is -1.36. The van der Waals surface area contributed by atoms with Gasteiger partial charge in [0.1, 0.15) is 6.04 Å². The fourth-order valence-electron chi connectivity index (χ4n) is 1.29. The molecular formula is C10H20N2O5. The first kappa shape index (κ1) is 15.7. The second kappa shape index (κ2) is 7.86. The van der Waals surface area contributed by atoms with Gasteiger partial charge in [-0.05, 0) is 5.92 Å². The SMILES string of the molecule is CC(C)[C@H](NC(=O)N(CCO)CCO)C(=O)O. The van der Waals surface area contributed by atoms with Crippen molar-refractivity contribution in [2.75, 3.05) is 26.3 Å². The molecule has 7 nitrogen and oxygen atoms in total. The van der Waals surface area contributed by atoms with E-state index in [2.05, 4.69) is 5.32 Å². The molecule has 17 heavy (non-hydrogen) atoms. The van der Waals surface area contributed by atoms with E-state index in [4.69, 9.17) is 15.3 Å². The van der Waals surface area contributed by atoms with Crippen LogP contribution in [0.5, 0.6) is 0 Å². The Kier molecular flexibility index (Phi) is 7.24. The summed E-state index contributed by atoms with van der Waals surface area (Å²) in [6.07, 6.45) is 0. The third-order valence-electron chi connectivity index (χ3n) is 2.24. The van der Waals surface area contributed by atoms with Crippen LogP contribution in [0.25, 0.3) is 0 Å². The number of carboxylic acids is 1. The van der Waals surface area contributed by atoms with Gasteiger partial charge in [-0.1, -0.05) is 13.8 Å². The monoisotopic (exact) mass is 248 g/mol. The molecule has 0 aromatic carbocycles. The molecule has 0 fully saturated rings. The average molecular weight is 248 g/mol. The lowest BCUT2D eigenvalue weighted by Crippen LogP contribution is -2.51. The minimum absolute atomic E-state index is 0.0524. The van der Waals surface area contributed by atoms with Gasteiger partial charge in [0.05, 0.1) is 13.2 Å². The summed E-state index contributed by atoms with van der Waals surface area (Å²) in [4.78, 5) is 23.7. The number of carboxylic acid groups (broad SMARTS) is 1. The molecule has 0 aliphatic rings. The first-order chi connectivity index (χ1) is 7.93. The molecule has 0 rings (SSSR count). The molecule has 0 aliphatic heterocycles. The maximum absolute atomic E-state index is 11.7. The molecule has 0 saturated heterocycles. The molecule has 0 aliphatic carbocycles. The highest BCUT2D eigenvalue weighted by molar-refractivity contribution is 5.82. The van der Waals surface area contributed by atoms with Crippen molar-refractivity contribution >= 4 is 12.0 Å². The summed E-state index contributed by atoms with van der Waals surface area (Å²) in [7, 11) is 0. The first-order valence-electron chi connectivity index (χ1n) is 5.44. The maximum atomic E-state index is 11.7. The molecule has 0 heterocycles. The number of carbonyl (C=O) groups excluding carboxylic acids is 1. The van der Waals surface area contributed by atoms with Gasteiger partial charge in [-0.3, -0.25) is 0 Å². The van der Waals surface area contributed by atoms with E-state index in [9.17, 15) is 9.59 Å². The van der Waals surface area contributed by atoms with E-state index in [1.165, 1.54) is 0 Å². The van der Waals surface area contributed by atoms with Crippen molar-refractivity contribution in [2.24, 2.45) is 5.92 Å². The number of hydrogen-bond acceptors (Lipinski definition) is 4. The molecular weight excluding hydrogens is 228 g/mol. The highest BCUT2D eigenvalue weighted by atomic mass is 16.4. The predicted octanol–water partition coefficient (Wildman–Crippen LogP) is -0.908. The summed E-state index contributed by atoms with van der Waals surface area (Å²) < 4.78 is 0. The van der Waals surface area contributed by atoms with Crippen molar-refractivity contribution in [3.05, 3.63) is 0 Å². The lowest BCUT2D eigenvalue weighted by molar-refractivity contribution is -0.140. The average Bonchev–Trinajstić information content (AvgIpc) is 2.24. The Hall–Kier alpha value is -1.34. The molecule has 7 heteroatoms. The van der Waals surface area contributed by atoms with E-state index < -0.39 is 18.0 Å². The Balaban J connectivity index is 4.50. The number of nitrogens with zero attached hydrogens (tertiary/aromatic N) is 1. The summed E-state index contributed by atoms with van der Waals surface area (Å²) in [6, 6.07) is -1.59. The van der Waals surface area contributed by atoms with Gasteiger partial charge in [-0.15, -0.1) is 0 Å². The molecule has 0 unspecified atom stereocenters. The number of urea groups is 1. The standard InChI is InChI=1S/C10H20N2O5/c1-7(2)8(9(15)16)11-10(17)12(3-5-13)4-6-14/h7-8,13-14H,3-6H2,1-2H3,(H,11,17)(H,15,16)/t8-/m0/s1. The van der Waals surface area contributed by atoms with Crippen LogP contribution in [0.4, 0.5) is 4.79 Å². The number of amides is 2. The zero-order valence-corrected chi connectivity index (χ0v) is 10.1. The van der Waals surface area contributed by atoms with Gasteiger partial charge in [0, 0.05) is 13.1 Å². The van der Waals surface area contributed by atoms with E-state index >= 15 is 0 Å². The minimum atomic E-state index is -1.11. The van der Waals surface area contributed by atoms with Crippen LogP contribution in [-0.2, 0) is 4.79 Å². The molecule has 2 amide bonds. The van der Waals surface area contributed by atoms with E-state index in [1.807, 2.05) is 0 Å². The molecule has 0 bridgehead atoms. The summed E-state index contributed by atoms with van der Waals surface area (Å²) in [6.45, 7) is 2.98. The lowest BCUT2D eigenvalue weighted by atomic mass is 10.1. The molecule has 0 radical (unpaired) electrons. The topological polar surface area (TPSA) is 110 Å².